The summed E-state index contributed by atoms with van der Waals surface area (Å²) in [5, 5.41) is 5.22. The summed E-state index contributed by atoms with van der Waals surface area (Å²) in [7, 11) is 0. The molecule has 2 aromatic rings. The first kappa shape index (κ1) is 21.6. The third-order valence-electron chi connectivity index (χ3n) is 5.99. The van der Waals surface area contributed by atoms with Crippen molar-refractivity contribution in [2.75, 3.05) is 11.9 Å². The van der Waals surface area contributed by atoms with Crippen LogP contribution < -0.4 is 10.1 Å². The van der Waals surface area contributed by atoms with E-state index < -0.39 is 5.60 Å². The lowest BCUT2D eigenvalue weighted by Gasteiger charge is -2.38. The van der Waals surface area contributed by atoms with Gasteiger partial charge in [0.15, 0.2) is 0 Å². The Morgan fingerprint density at radius 2 is 1.97 bits per heavy atom. The van der Waals surface area contributed by atoms with Gasteiger partial charge in [0.25, 0.3) is 5.91 Å². The smallest absolute Gasteiger partial charge is 0.256 e. The Morgan fingerprint density at radius 1 is 1.21 bits per heavy atom. The molecule has 29 heavy (non-hydrogen) atoms. The van der Waals surface area contributed by atoms with Crippen LogP contribution in [0.1, 0.15) is 66.2 Å². The number of nitrogens with one attached hydrogen (secondary N) is 1. The van der Waals surface area contributed by atoms with Crippen LogP contribution in [0.4, 0.5) is 5.69 Å². The van der Waals surface area contributed by atoms with E-state index in [2.05, 4.69) is 39.1 Å². The Labute approximate surface area is 175 Å². The lowest BCUT2D eigenvalue weighted by molar-refractivity contribution is -0.148. The predicted molar refractivity (Wildman–Crippen MR) is 120 cm³/mol. The van der Waals surface area contributed by atoms with Crippen LogP contribution in [0.2, 0.25) is 0 Å². The summed E-state index contributed by atoms with van der Waals surface area (Å²) >= 11 is 0. The lowest BCUT2D eigenvalue weighted by Crippen LogP contribution is -2.48. The Morgan fingerprint density at radius 3 is 2.66 bits per heavy atom. The highest BCUT2D eigenvalue weighted by molar-refractivity contribution is 6.06. The second-order valence-electron chi connectivity index (χ2n) is 8.49. The number of carbonyl (C=O) groups excluding carboxylic acids is 1. The third-order valence-corrected chi connectivity index (χ3v) is 5.99. The molecule has 0 radical (unpaired) electrons. The molecule has 1 aliphatic carbocycles. The van der Waals surface area contributed by atoms with E-state index in [1.165, 1.54) is 0 Å². The molecular weight excluding hydrogens is 362 g/mol. The number of ether oxygens (including phenoxy) is 2. The van der Waals surface area contributed by atoms with Crippen LogP contribution in [0, 0.1) is 5.92 Å². The summed E-state index contributed by atoms with van der Waals surface area (Å²) in [5.41, 5.74) is 0.0977. The number of amides is 1. The maximum absolute atomic E-state index is 13.4. The molecule has 0 saturated heterocycles. The molecule has 1 amide bonds. The Hall–Kier alpha value is -2.07. The average molecular weight is 398 g/mol. The minimum atomic E-state index is -0.722. The van der Waals surface area contributed by atoms with E-state index in [1.807, 2.05) is 30.3 Å². The van der Waals surface area contributed by atoms with Gasteiger partial charge in [0.2, 0.25) is 0 Å². The van der Waals surface area contributed by atoms with Crippen molar-refractivity contribution in [3.8, 4) is 5.75 Å². The third kappa shape index (κ3) is 4.92. The Kier molecular flexibility index (Phi) is 7.18. The number of anilines is 1. The molecule has 0 heterocycles. The fourth-order valence-corrected chi connectivity index (χ4v) is 4.22. The second kappa shape index (κ2) is 9.62. The first-order valence-electron chi connectivity index (χ1n) is 11.1. The topological polar surface area (TPSA) is 47.6 Å². The number of fused-ring (bicyclic) bond motifs is 1. The minimum absolute atomic E-state index is 0.0155. The fraction of sp³-hybridized carbons (Fsp3) is 0.560. The Balaban J connectivity index is 1.90. The van der Waals surface area contributed by atoms with E-state index in [4.69, 9.17) is 9.47 Å². The summed E-state index contributed by atoms with van der Waals surface area (Å²) in [6.07, 6.45) is 5.77. The molecule has 158 valence electrons. The molecule has 1 saturated carbocycles. The molecule has 3 rings (SSSR count). The molecule has 1 fully saturated rings. The van der Waals surface area contributed by atoms with Crippen molar-refractivity contribution in [1.82, 2.24) is 0 Å². The summed E-state index contributed by atoms with van der Waals surface area (Å²) in [4.78, 5) is 13.4. The van der Waals surface area contributed by atoms with Crippen molar-refractivity contribution in [2.45, 2.75) is 77.9 Å². The summed E-state index contributed by atoms with van der Waals surface area (Å²) in [6, 6.07) is 12.0. The van der Waals surface area contributed by atoms with Crippen molar-refractivity contribution in [2.24, 2.45) is 5.92 Å². The van der Waals surface area contributed by atoms with Gasteiger partial charge in [-0.05, 0) is 57.1 Å². The molecule has 0 bridgehead atoms. The molecule has 0 unspecified atom stereocenters. The van der Waals surface area contributed by atoms with Crippen molar-refractivity contribution in [1.29, 1.82) is 0 Å². The fourth-order valence-electron chi connectivity index (χ4n) is 4.22. The summed E-state index contributed by atoms with van der Waals surface area (Å²) < 4.78 is 12.3. The minimum Gasteiger partial charge on any atom is -0.490 e. The van der Waals surface area contributed by atoms with Gasteiger partial charge in [0, 0.05) is 23.1 Å². The second-order valence-corrected chi connectivity index (χ2v) is 8.49. The van der Waals surface area contributed by atoms with Crippen LogP contribution in [-0.2, 0) is 9.53 Å². The number of benzene rings is 2. The van der Waals surface area contributed by atoms with E-state index in [0.717, 1.165) is 60.7 Å². The standard InChI is InChI=1S/C25H35NO3/c1-5-16-28-25(15-9-10-18(3)17-25)24(27)26-22-13-14-23(29-19(4)6-2)21-12-8-7-11-20(21)22/h7-8,11-14,18-19H,5-6,9-10,15-17H2,1-4H3,(H,26,27)/t18-,19-,25+/m0/s1. The van der Waals surface area contributed by atoms with Crippen LogP contribution in [-0.4, -0.2) is 24.2 Å². The highest BCUT2D eigenvalue weighted by atomic mass is 16.5. The van der Waals surface area contributed by atoms with Crippen LogP contribution >= 0.6 is 0 Å². The SMILES string of the molecule is CCCO[C@]1(C(=O)Nc2ccc(O[C@@H](C)CC)c3ccccc23)CCC[C@H](C)C1. The van der Waals surface area contributed by atoms with E-state index >= 15 is 0 Å². The van der Waals surface area contributed by atoms with Gasteiger partial charge in [0.05, 0.1) is 6.10 Å². The molecule has 1 N–H and O–H groups in total. The number of carbonyl (C=O) groups is 1. The van der Waals surface area contributed by atoms with E-state index in [-0.39, 0.29) is 12.0 Å². The van der Waals surface area contributed by atoms with E-state index in [9.17, 15) is 4.79 Å². The van der Waals surface area contributed by atoms with Crippen molar-refractivity contribution in [3.63, 3.8) is 0 Å². The maximum Gasteiger partial charge on any atom is 0.256 e. The molecular formula is C25H35NO3. The molecule has 4 heteroatoms. The number of rotatable bonds is 8. The molecule has 0 aromatic heterocycles. The molecule has 3 atom stereocenters. The van der Waals surface area contributed by atoms with Gasteiger partial charge in [-0.15, -0.1) is 0 Å². The normalized spacial score (nSPS) is 23.0. The lowest BCUT2D eigenvalue weighted by atomic mass is 9.78. The van der Waals surface area contributed by atoms with Gasteiger partial charge < -0.3 is 14.8 Å². The first-order chi connectivity index (χ1) is 14.0. The largest absolute Gasteiger partial charge is 0.490 e. The molecule has 0 spiro atoms. The van der Waals surface area contributed by atoms with Crippen LogP contribution in [0.3, 0.4) is 0 Å². The van der Waals surface area contributed by atoms with Crippen LogP contribution in [0.25, 0.3) is 10.8 Å². The quantitative estimate of drug-likeness (QED) is 0.566. The van der Waals surface area contributed by atoms with Crippen molar-refractivity contribution < 1.29 is 14.3 Å². The molecule has 2 aromatic carbocycles. The van der Waals surface area contributed by atoms with Gasteiger partial charge in [-0.3, -0.25) is 4.79 Å². The van der Waals surface area contributed by atoms with Crippen LogP contribution in [0.15, 0.2) is 36.4 Å². The zero-order chi connectivity index (χ0) is 20.9. The van der Waals surface area contributed by atoms with E-state index in [0.29, 0.717) is 12.5 Å². The van der Waals surface area contributed by atoms with Crippen LogP contribution in [0.5, 0.6) is 5.75 Å². The van der Waals surface area contributed by atoms with E-state index in [1.54, 1.807) is 0 Å². The maximum atomic E-state index is 13.4. The van der Waals surface area contributed by atoms with Crippen molar-refractivity contribution >= 4 is 22.4 Å². The highest BCUT2D eigenvalue weighted by Gasteiger charge is 2.42. The number of hydrogen-bond donors (Lipinski definition) is 1. The van der Waals surface area contributed by atoms with Gasteiger partial charge in [-0.1, -0.05) is 51.5 Å². The van der Waals surface area contributed by atoms with Gasteiger partial charge in [0.1, 0.15) is 11.4 Å². The Bertz CT molecular complexity index is 834. The highest BCUT2D eigenvalue weighted by Crippen LogP contribution is 2.38. The van der Waals surface area contributed by atoms with Crippen molar-refractivity contribution in [3.05, 3.63) is 36.4 Å². The average Bonchev–Trinajstić information content (AvgIpc) is 2.73. The molecule has 1 aliphatic rings. The number of hydrogen-bond acceptors (Lipinski definition) is 3. The summed E-state index contributed by atoms with van der Waals surface area (Å²) in [5.74, 6) is 1.34. The molecule has 4 nitrogen and oxygen atoms in total. The monoisotopic (exact) mass is 397 g/mol. The van der Waals surface area contributed by atoms with Gasteiger partial charge in [-0.25, -0.2) is 0 Å². The molecule has 0 aliphatic heterocycles. The first-order valence-corrected chi connectivity index (χ1v) is 11.1. The summed E-state index contributed by atoms with van der Waals surface area (Å²) in [6.45, 7) is 9.10. The predicted octanol–water partition coefficient (Wildman–Crippen LogP) is 6.33. The van der Waals surface area contributed by atoms with Gasteiger partial charge >= 0.3 is 0 Å². The zero-order valence-corrected chi connectivity index (χ0v) is 18.3. The zero-order valence-electron chi connectivity index (χ0n) is 18.3. The van der Waals surface area contributed by atoms with Gasteiger partial charge in [-0.2, -0.15) is 0 Å².